The van der Waals surface area contributed by atoms with E-state index in [0.29, 0.717) is 6.42 Å². The summed E-state index contributed by atoms with van der Waals surface area (Å²) in [7, 11) is 0. The van der Waals surface area contributed by atoms with E-state index in [1.807, 2.05) is 43.3 Å². The van der Waals surface area contributed by atoms with Gasteiger partial charge in [0.15, 0.2) is 0 Å². The van der Waals surface area contributed by atoms with Crippen LogP contribution in [0.4, 0.5) is 0 Å². The molecule has 4 heteroatoms. The summed E-state index contributed by atoms with van der Waals surface area (Å²) in [5.41, 5.74) is 3.78. The van der Waals surface area contributed by atoms with Crippen molar-refractivity contribution in [3.8, 4) is 11.4 Å². The molecule has 0 spiro atoms. The molecule has 102 valence electrons. The summed E-state index contributed by atoms with van der Waals surface area (Å²) in [6.07, 6.45) is 7.93. The van der Waals surface area contributed by atoms with E-state index in [1.54, 1.807) is 12.4 Å². The second-order valence-electron chi connectivity index (χ2n) is 4.53. The van der Waals surface area contributed by atoms with Gasteiger partial charge in [0.2, 0.25) is 0 Å². The Morgan fingerprint density at radius 1 is 1.20 bits per heavy atom. The first-order valence-electron chi connectivity index (χ1n) is 6.42. The lowest BCUT2D eigenvalue weighted by Crippen LogP contribution is -1.91. The fraction of sp³-hybridized carbons (Fsp3) is 0.188. The Bertz CT molecular complexity index is 636. The number of aliphatic carboxylic acids is 1. The molecule has 0 aliphatic carbocycles. The van der Waals surface area contributed by atoms with Crippen molar-refractivity contribution >= 4 is 12.0 Å². The van der Waals surface area contributed by atoms with Gasteiger partial charge in [-0.25, -0.2) is 0 Å². The van der Waals surface area contributed by atoms with Gasteiger partial charge in [-0.1, -0.05) is 12.2 Å². The van der Waals surface area contributed by atoms with Crippen LogP contribution in [0.2, 0.25) is 0 Å². The van der Waals surface area contributed by atoms with E-state index >= 15 is 0 Å². The van der Waals surface area contributed by atoms with Crippen molar-refractivity contribution in [2.45, 2.75) is 19.8 Å². The monoisotopic (exact) mass is 268 g/mol. The molecule has 0 radical (unpaired) electrons. The molecule has 0 bridgehead atoms. The number of carboxylic acid groups (broad SMARTS) is 1. The molecular weight excluding hydrogens is 252 g/mol. The summed E-state index contributed by atoms with van der Waals surface area (Å²) in [6.45, 7) is 2.01. The third-order valence-corrected chi connectivity index (χ3v) is 2.80. The smallest absolute Gasteiger partial charge is 0.303 e. The zero-order valence-corrected chi connectivity index (χ0v) is 11.3. The molecule has 0 saturated carbocycles. The lowest BCUT2D eigenvalue weighted by molar-refractivity contribution is -0.136. The van der Waals surface area contributed by atoms with E-state index in [9.17, 15) is 4.79 Å². The summed E-state index contributed by atoms with van der Waals surface area (Å²) >= 11 is 0. The highest BCUT2D eigenvalue weighted by Crippen LogP contribution is 2.17. The number of rotatable bonds is 5. The van der Waals surface area contributed by atoms with Gasteiger partial charge in [-0.2, -0.15) is 0 Å². The van der Waals surface area contributed by atoms with Crippen LogP contribution in [-0.4, -0.2) is 21.0 Å². The SMILES string of the molecule is Cc1ccnc(-c2cc(C=CCCC(=O)O)ccn2)c1. The first-order chi connectivity index (χ1) is 9.65. The Labute approximate surface area is 117 Å². The number of hydrogen-bond acceptors (Lipinski definition) is 3. The number of nitrogens with zero attached hydrogens (tertiary/aromatic N) is 2. The number of aromatic nitrogens is 2. The first-order valence-corrected chi connectivity index (χ1v) is 6.42. The predicted octanol–water partition coefficient (Wildman–Crippen LogP) is 3.33. The van der Waals surface area contributed by atoms with Crippen LogP contribution in [0, 0.1) is 6.92 Å². The van der Waals surface area contributed by atoms with E-state index < -0.39 is 5.97 Å². The maximum atomic E-state index is 10.4. The van der Waals surface area contributed by atoms with Gasteiger partial charge >= 0.3 is 5.97 Å². The molecule has 2 rings (SSSR count). The van der Waals surface area contributed by atoms with Crippen molar-refractivity contribution < 1.29 is 9.90 Å². The van der Waals surface area contributed by atoms with Crippen molar-refractivity contribution in [1.82, 2.24) is 9.97 Å². The topological polar surface area (TPSA) is 63.1 Å². The number of carbonyl (C=O) groups is 1. The highest BCUT2D eigenvalue weighted by Gasteiger charge is 2.01. The maximum absolute atomic E-state index is 10.4. The lowest BCUT2D eigenvalue weighted by atomic mass is 10.1. The molecule has 0 aromatic carbocycles. The second-order valence-corrected chi connectivity index (χ2v) is 4.53. The average molecular weight is 268 g/mol. The number of carboxylic acids is 1. The van der Waals surface area contributed by atoms with Gasteiger partial charge in [0.05, 0.1) is 11.4 Å². The third kappa shape index (κ3) is 4.02. The molecule has 0 aliphatic rings. The van der Waals surface area contributed by atoms with Gasteiger partial charge in [0.25, 0.3) is 0 Å². The molecule has 2 aromatic rings. The second kappa shape index (κ2) is 6.61. The normalized spacial score (nSPS) is 10.8. The highest BCUT2D eigenvalue weighted by molar-refractivity contribution is 5.67. The van der Waals surface area contributed by atoms with Crippen molar-refractivity contribution in [3.63, 3.8) is 0 Å². The number of allylic oxidation sites excluding steroid dienone is 1. The molecule has 0 amide bonds. The lowest BCUT2D eigenvalue weighted by Gasteiger charge is -2.02. The molecule has 2 heterocycles. The molecular formula is C16H16N2O2. The summed E-state index contributed by atoms with van der Waals surface area (Å²) in [5.74, 6) is -0.783. The fourth-order valence-electron chi connectivity index (χ4n) is 1.79. The van der Waals surface area contributed by atoms with Crippen LogP contribution in [0.15, 0.2) is 42.7 Å². The van der Waals surface area contributed by atoms with Crippen LogP contribution in [0.1, 0.15) is 24.0 Å². The predicted molar refractivity (Wildman–Crippen MR) is 78.1 cm³/mol. The Morgan fingerprint density at radius 2 is 1.90 bits per heavy atom. The van der Waals surface area contributed by atoms with Crippen LogP contribution >= 0.6 is 0 Å². The van der Waals surface area contributed by atoms with Crippen LogP contribution < -0.4 is 0 Å². The molecule has 20 heavy (non-hydrogen) atoms. The zero-order valence-electron chi connectivity index (χ0n) is 11.3. The van der Waals surface area contributed by atoms with Crippen molar-refractivity contribution in [2.75, 3.05) is 0 Å². The molecule has 0 unspecified atom stereocenters. The van der Waals surface area contributed by atoms with Gasteiger partial charge in [-0.3, -0.25) is 14.8 Å². The van der Waals surface area contributed by atoms with Crippen LogP contribution in [-0.2, 0) is 4.79 Å². The molecule has 0 atom stereocenters. The quantitative estimate of drug-likeness (QED) is 0.903. The van der Waals surface area contributed by atoms with Crippen molar-refractivity contribution in [2.24, 2.45) is 0 Å². The molecule has 4 nitrogen and oxygen atoms in total. The molecule has 0 fully saturated rings. The van der Waals surface area contributed by atoms with E-state index in [1.165, 1.54) is 0 Å². The van der Waals surface area contributed by atoms with E-state index in [2.05, 4.69) is 9.97 Å². The minimum Gasteiger partial charge on any atom is -0.481 e. The van der Waals surface area contributed by atoms with Gasteiger partial charge in [-0.05, 0) is 48.7 Å². The van der Waals surface area contributed by atoms with Gasteiger partial charge in [0.1, 0.15) is 0 Å². The van der Waals surface area contributed by atoms with Gasteiger partial charge < -0.3 is 5.11 Å². The summed E-state index contributed by atoms with van der Waals surface area (Å²) in [5, 5.41) is 8.58. The van der Waals surface area contributed by atoms with Crippen LogP contribution in [0.3, 0.4) is 0 Å². The van der Waals surface area contributed by atoms with Crippen molar-refractivity contribution in [3.05, 3.63) is 53.9 Å². The Balaban J connectivity index is 2.14. The summed E-state index contributed by atoms with van der Waals surface area (Å²) in [6, 6.07) is 7.76. The van der Waals surface area contributed by atoms with E-state index in [-0.39, 0.29) is 6.42 Å². The zero-order chi connectivity index (χ0) is 14.4. The summed E-state index contributed by atoms with van der Waals surface area (Å²) < 4.78 is 0. The molecule has 0 aliphatic heterocycles. The maximum Gasteiger partial charge on any atom is 0.303 e. The standard InChI is InChI=1S/C16H16N2O2/c1-12-6-8-17-14(10-12)15-11-13(7-9-18-15)4-2-3-5-16(19)20/h2,4,6-11H,3,5H2,1H3,(H,19,20). The molecule has 0 saturated heterocycles. The number of hydrogen-bond donors (Lipinski definition) is 1. The molecule has 2 aromatic heterocycles. The fourth-order valence-corrected chi connectivity index (χ4v) is 1.79. The Kier molecular flexibility index (Phi) is 4.60. The third-order valence-electron chi connectivity index (χ3n) is 2.80. The van der Waals surface area contributed by atoms with Crippen molar-refractivity contribution in [1.29, 1.82) is 0 Å². The van der Waals surface area contributed by atoms with Gasteiger partial charge in [-0.15, -0.1) is 0 Å². The number of aryl methyl sites for hydroxylation is 1. The van der Waals surface area contributed by atoms with Crippen LogP contribution in [0.5, 0.6) is 0 Å². The highest BCUT2D eigenvalue weighted by atomic mass is 16.4. The Morgan fingerprint density at radius 3 is 2.60 bits per heavy atom. The minimum absolute atomic E-state index is 0.147. The van der Waals surface area contributed by atoms with Gasteiger partial charge in [0, 0.05) is 18.8 Å². The van der Waals surface area contributed by atoms with E-state index in [4.69, 9.17) is 5.11 Å². The molecule has 1 N–H and O–H groups in total. The average Bonchev–Trinajstić information content (AvgIpc) is 2.44. The van der Waals surface area contributed by atoms with E-state index in [0.717, 1.165) is 22.5 Å². The number of pyridine rings is 2. The Hall–Kier alpha value is -2.49. The minimum atomic E-state index is -0.783. The first kappa shape index (κ1) is 13.9. The largest absolute Gasteiger partial charge is 0.481 e. The summed E-state index contributed by atoms with van der Waals surface area (Å²) in [4.78, 5) is 19.1. The van der Waals surface area contributed by atoms with Crippen LogP contribution in [0.25, 0.3) is 17.5 Å².